The van der Waals surface area contributed by atoms with Gasteiger partial charge in [0.05, 0.1) is 5.69 Å². The van der Waals surface area contributed by atoms with E-state index in [-0.39, 0.29) is 11.8 Å². The molecule has 1 aliphatic rings. The topological polar surface area (TPSA) is 58.4 Å². The van der Waals surface area contributed by atoms with E-state index in [9.17, 15) is 4.79 Å². The van der Waals surface area contributed by atoms with E-state index in [4.69, 9.17) is 4.52 Å². The largest absolute Gasteiger partial charge is 0.351 e. The lowest BCUT2D eigenvalue weighted by Crippen LogP contribution is -2.46. The molecule has 1 N–H and O–H groups in total. The molecule has 1 saturated heterocycles. The maximum absolute atomic E-state index is 12.3. The molecule has 100 valence electrons. The van der Waals surface area contributed by atoms with Gasteiger partial charge in [0, 0.05) is 25.2 Å². The molecule has 1 atom stereocenters. The lowest BCUT2D eigenvalue weighted by atomic mass is 10.1. The summed E-state index contributed by atoms with van der Waals surface area (Å²) in [5, 5.41) is 7.16. The number of hydrogen-bond donors (Lipinski definition) is 1. The van der Waals surface area contributed by atoms with Crippen molar-refractivity contribution in [3.63, 3.8) is 0 Å². The zero-order chi connectivity index (χ0) is 13.1. The Morgan fingerprint density at radius 3 is 3.00 bits per heavy atom. The third-order valence-electron chi connectivity index (χ3n) is 3.45. The first-order valence-corrected chi connectivity index (χ1v) is 6.55. The van der Waals surface area contributed by atoms with Crippen LogP contribution in [0.25, 0.3) is 0 Å². The summed E-state index contributed by atoms with van der Waals surface area (Å²) in [6.07, 6.45) is 2.15. The summed E-state index contributed by atoms with van der Waals surface area (Å²) < 4.78 is 5.15. The number of piperidine rings is 1. The SMILES string of the molecule is CNC1CCCN(C(=O)c2cc(C(C)C)no2)C1. The molecule has 5 nitrogen and oxygen atoms in total. The lowest BCUT2D eigenvalue weighted by Gasteiger charge is -2.31. The monoisotopic (exact) mass is 251 g/mol. The Morgan fingerprint density at radius 2 is 2.39 bits per heavy atom. The van der Waals surface area contributed by atoms with Gasteiger partial charge in [-0.2, -0.15) is 0 Å². The molecule has 1 aromatic rings. The van der Waals surface area contributed by atoms with Crippen molar-refractivity contribution in [2.45, 2.75) is 38.6 Å². The molecular weight excluding hydrogens is 230 g/mol. The molecule has 5 heteroatoms. The molecule has 1 aliphatic heterocycles. The summed E-state index contributed by atoms with van der Waals surface area (Å²) in [5.41, 5.74) is 0.834. The highest BCUT2D eigenvalue weighted by Crippen LogP contribution is 2.17. The highest BCUT2D eigenvalue weighted by molar-refractivity contribution is 5.91. The van der Waals surface area contributed by atoms with Crippen LogP contribution in [-0.4, -0.2) is 42.1 Å². The van der Waals surface area contributed by atoms with Crippen molar-refractivity contribution in [3.8, 4) is 0 Å². The molecule has 1 amide bonds. The van der Waals surface area contributed by atoms with Gasteiger partial charge in [0.2, 0.25) is 5.76 Å². The Morgan fingerprint density at radius 1 is 1.61 bits per heavy atom. The number of hydrogen-bond acceptors (Lipinski definition) is 4. The molecule has 18 heavy (non-hydrogen) atoms. The van der Waals surface area contributed by atoms with Gasteiger partial charge in [0.15, 0.2) is 0 Å². The quantitative estimate of drug-likeness (QED) is 0.887. The molecule has 1 unspecified atom stereocenters. The van der Waals surface area contributed by atoms with Crippen LogP contribution in [0.15, 0.2) is 10.6 Å². The maximum Gasteiger partial charge on any atom is 0.292 e. The Labute approximate surface area is 108 Å². The molecule has 0 bridgehead atoms. The minimum absolute atomic E-state index is 0.0469. The van der Waals surface area contributed by atoms with Crippen LogP contribution >= 0.6 is 0 Å². The number of nitrogens with one attached hydrogen (secondary N) is 1. The number of carbonyl (C=O) groups is 1. The fourth-order valence-electron chi connectivity index (χ4n) is 2.21. The van der Waals surface area contributed by atoms with E-state index in [0.29, 0.717) is 11.8 Å². The molecule has 2 heterocycles. The summed E-state index contributed by atoms with van der Waals surface area (Å²) in [4.78, 5) is 14.1. The van der Waals surface area contributed by atoms with Crippen LogP contribution in [0.4, 0.5) is 0 Å². The molecule has 0 saturated carbocycles. The number of likely N-dealkylation sites (tertiary alicyclic amines) is 1. The van der Waals surface area contributed by atoms with Crippen molar-refractivity contribution in [3.05, 3.63) is 17.5 Å². The zero-order valence-electron chi connectivity index (χ0n) is 11.3. The second-order valence-electron chi connectivity index (χ2n) is 5.15. The molecular formula is C13H21N3O2. The highest BCUT2D eigenvalue weighted by atomic mass is 16.5. The van der Waals surface area contributed by atoms with Crippen LogP contribution in [0.3, 0.4) is 0 Å². The van der Waals surface area contributed by atoms with Crippen molar-refractivity contribution < 1.29 is 9.32 Å². The van der Waals surface area contributed by atoms with E-state index < -0.39 is 0 Å². The Bertz CT molecular complexity index is 414. The van der Waals surface area contributed by atoms with Crippen LogP contribution in [0, 0.1) is 0 Å². The summed E-state index contributed by atoms with van der Waals surface area (Å²) in [6.45, 7) is 5.61. The summed E-state index contributed by atoms with van der Waals surface area (Å²) in [5.74, 6) is 0.589. The van der Waals surface area contributed by atoms with Gasteiger partial charge in [0.25, 0.3) is 5.91 Å². The van der Waals surface area contributed by atoms with Crippen LogP contribution in [0.2, 0.25) is 0 Å². The van der Waals surface area contributed by atoms with Gasteiger partial charge in [0.1, 0.15) is 0 Å². The fraction of sp³-hybridized carbons (Fsp3) is 0.692. The molecule has 0 aliphatic carbocycles. The van der Waals surface area contributed by atoms with E-state index in [1.165, 1.54) is 0 Å². The molecule has 0 spiro atoms. The number of nitrogens with zero attached hydrogens (tertiary/aromatic N) is 2. The van der Waals surface area contributed by atoms with Crippen LogP contribution in [-0.2, 0) is 0 Å². The van der Waals surface area contributed by atoms with Crippen molar-refractivity contribution in [1.29, 1.82) is 0 Å². The van der Waals surface area contributed by atoms with E-state index in [2.05, 4.69) is 10.5 Å². The number of amides is 1. The number of carbonyl (C=O) groups excluding carboxylic acids is 1. The van der Waals surface area contributed by atoms with Gasteiger partial charge < -0.3 is 14.7 Å². The van der Waals surface area contributed by atoms with E-state index in [1.807, 2.05) is 25.8 Å². The predicted octanol–water partition coefficient (Wildman–Crippen LogP) is 1.62. The molecule has 1 fully saturated rings. The summed E-state index contributed by atoms with van der Waals surface area (Å²) in [6, 6.07) is 2.14. The highest BCUT2D eigenvalue weighted by Gasteiger charge is 2.26. The second kappa shape index (κ2) is 5.52. The minimum Gasteiger partial charge on any atom is -0.351 e. The zero-order valence-corrected chi connectivity index (χ0v) is 11.3. The fourth-order valence-corrected chi connectivity index (χ4v) is 2.21. The van der Waals surface area contributed by atoms with E-state index in [0.717, 1.165) is 31.6 Å². The standard InChI is InChI=1S/C13H21N3O2/c1-9(2)11-7-12(18-15-11)13(17)16-6-4-5-10(8-16)14-3/h7,9-10,14H,4-6,8H2,1-3H3. The van der Waals surface area contributed by atoms with Crippen LogP contribution in [0.1, 0.15) is 48.9 Å². The molecule has 0 radical (unpaired) electrons. The number of likely N-dealkylation sites (N-methyl/N-ethyl adjacent to an activating group) is 1. The first-order valence-electron chi connectivity index (χ1n) is 6.55. The number of rotatable bonds is 3. The van der Waals surface area contributed by atoms with E-state index in [1.54, 1.807) is 6.07 Å². The van der Waals surface area contributed by atoms with Crippen molar-refractivity contribution in [1.82, 2.24) is 15.4 Å². The van der Waals surface area contributed by atoms with Gasteiger partial charge in [-0.1, -0.05) is 19.0 Å². The van der Waals surface area contributed by atoms with Crippen molar-refractivity contribution in [2.75, 3.05) is 20.1 Å². The predicted molar refractivity (Wildman–Crippen MR) is 68.6 cm³/mol. The second-order valence-corrected chi connectivity index (χ2v) is 5.15. The minimum atomic E-state index is -0.0469. The summed E-state index contributed by atoms with van der Waals surface area (Å²) >= 11 is 0. The third-order valence-corrected chi connectivity index (χ3v) is 3.45. The Hall–Kier alpha value is -1.36. The van der Waals surface area contributed by atoms with Crippen molar-refractivity contribution >= 4 is 5.91 Å². The van der Waals surface area contributed by atoms with Gasteiger partial charge in [-0.15, -0.1) is 0 Å². The normalized spacial score (nSPS) is 20.4. The van der Waals surface area contributed by atoms with Gasteiger partial charge >= 0.3 is 0 Å². The van der Waals surface area contributed by atoms with Crippen LogP contribution < -0.4 is 5.32 Å². The Kier molecular flexibility index (Phi) is 4.01. The van der Waals surface area contributed by atoms with Gasteiger partial charge in [-0.3, -0.25) is 4.79 Å². The molecule has 2 rings (SSSR count). The molecule has 1 aromatic heterocycles. The van der Waals surface area contributed by atoms with Gasteiger partial charge in [-0.05, 0) is 25.8 Å². The first-order chi connectivity index (χ1) is 8.61. The smallest absolute Gasteiger partial charge is 0.292 e. The number of aromatic nitrogens is 1. The Balaban J connectivity index is 2.05. The first kappa shape index (κ1) is 13.1. The third kappa shape index (κ3) is 2.72. The van der Waals surface area contributed by atoms with Crippen molar-refractivity contribution in [2.24, 2.45) is 0 Å². The van der Waals surface area contributed by atoms with E-state index >= 15 is 0 Å². The average Bonchev–Trinajstić information content (AvgIpc) is 2.87. The lowest BCUT2D eigenvalue weighted by molar-refractivity contribution is 0.0656. The van der Waals surface area contributed by atoms with Crippen LogP contribution in [0.5, 0.6) is 0 Å². The average molecular weight is 251 g/mol. The maximum atomic E-state index is 12.3. The van der Waals surface area contributed by atoms with Gasteiger partial charge in [-0.25, -0.2) is 0 Å². The summed E-state index contributed by atoms with van der Waals surface area (Å²) in [7, 11) is 1.93. The molecule has 0 aromatic carbocycles.